The van der Waals surface area contributed by atoms with Gasteiger partial charge in [0.25, 0.3) is 5.91 Å². The number of anilines is 1. The molecule has 6 N–H and O–H groups in total. The molecule has 1 aliphatic carbocycles. The standard InChI is InChI=1S/C36H43N7O3.ClH/c1-23-18-28(36(46)43-16-14-38-15-17-43)11-13-31(23)26-6-2-24(3-7-26)19-33(41-34(44)27-8-4-25(21-37)5-9-27)35(45)40-30-12-10-29-22-39-42-32(29)20-30;/h2-3,6-7,10-13,18,20,22,25,27,33,38H,4-5,8-9,14-17,19,21,37H2,1H3,(H,39,42)(H,40,45)(H,41,44);1H/t25-,27-,33-;/m0./s1. The van der Waals surface area contributed by atoms with Gasteiger partial charge in [-0.2, -0.15) is 5.10 Å². The zero-order valence-corrected chi connectivity index (χ0v) is 27.6. The summed E-state index contributed by atoms with van der Waals surface area (Å²) in [7, 11) is 0. The predicted molar refractivity (Wildman–Crippen MR) is 187 cm³/mol. The van der Waals surface area contributed by atoms with E-state index in [2.05, 4.69) is 26.1 Å². The number of nitrogens with two attached hydrogens (primary N) is 1. The molecular weight excluding hydrogens is 614 g/mol. The summed E-state index contributed by atoms with van der Waals surface area (Å²) in [4.78, 5) is 41.9. The van der Waals surface area contributed by atoms with E-state index in [0.29, 0.717) is 30.1 Å². The van der Waals surface area contributed by atoms with Crippen molar-refractivity contribution in [2.24, 2.45) is 17.6 Å². The fraction of sp³-hybridized carbons (Fsp3) is 0.389. The number of carbonyl (C=O) groups excluding carboxylic acids is 3. The number of nitrogens with one attached hydrogen (secondary N) is 4. The summed E-state index contributed by atoms with van der Waals surface area (Å²) >= 11 is 0. The number of aryl methyl sites for hydroxylation is 1. The Morgan fingerprint density at radius 1 is 0.979 bits per heavy atom. The van der Waals surface area contributed by atoms with Crippen molar-refractivity contribution in [1.29, 1.82) is 0 Å². The minimum absolute atomic E-state index is 0. The predicted octanol–water partition coefficient (Wildman–Crippen LogP) is 4.44. The van der Waals surface area contributed by atoms with Gasteiger partial charge in [0.1, 0.15) is 6.04 Å². The molecule has 0 bridgehead atoms. The number of aromatic nitrogens is 2. The quantitative estimate of drug-likeness (QED) is 0.180. The first-order valence-corrected chi connectivity index (χ1v) is 16.3. The molecule has 1 saturated heterocycles. The number of H-pyrrole nitrogens is 1. The van der Waals surface area contributed by atoms with Crippen LogP contribution in [0.5, 0.6) is 0 Å². The van der Waals surface area contributed by atoms with Crippen LogP contribution in [0.1, 0.15) is 47.2 Å². The van der Waals surface area contributed by atoms with Gasteiger partial charge >= 0.3 is 0 Å². The van der Waals surface area contributed by atoms with Crippen molar-refractivity contribution >= 4 is 46.7 Å². The normalized spacial score (nSPS) is 18.6. The third-order valence-corrected chi connectivity index (χ3v) is 9.48. The average molecular weight is 658 g/mol. The number of nitrogens with zero attached hydrogens (tertiary/aromatic N) is 2. The fourth-order valence-electron chi connectivity index (χ4n) is 6.63. The van der Waals surface area contributed by atoms with Gasteiger partial charge in [0, 0.05) is 55.2 Å². The molecule has 2 fully saturated rings. The van der Waals surface area contributed by atoms with E-state index in [-0.39, 0.29) is 36.0 Å². The Bertz CT molecular complexity index is 1690. The van der Waals surface area contributed by atoms with Crippen LogP contribution in [-0.4, -0.2) is 71.6 Å². The number of hydrogen-bond acceptors (Lipinski definition) is 6. The van der Waals surface area contributed by atoms with Crippen molar-refractivity contribution in [2.75, 3.05) is 38.0 Å². The van der Waals surface area contributed by atoms with E-state index >= 15 is 0 Å². The van der Waals surface area contributed by atoms with Crippen molar-refractivity contribution < 1.29 is 14.4 Å². The Hall–Kier alpha value is -4.25. The third kappa shape index (κ3) is 8.19. The largest absolute Gasteiger partial charge is 0.344 e. The number of carbonyl (C=O) groups is 3. The summed E-state index contributed by atoms with van der Waals surface area (Å²) in [5.74, 6) is 0.0578. The zero-order valence-electron chi connectivity index (χ0n) is 26.8. The smallest absolute Gasteiger partial charge is 0.253 e. The van der Waals surface area contributed by atoms with E-state index in [1.54, 1.807) is 6.20 Å². The number of rotatable bonds is 9. The fourth-order valence-corrected chi connectivity index (χ4v) is 6.63. The molecule has 0 unspecified atom stereocenters. The van der Waals surface area contributed by atoms with Crippen LogP contribution in [-0.2, 0) is 16.0 Å². The van der Waals surface area contributed by atoms with Gasteiger partial charge in [-0.1, -0.05) is 30.3 Å². The first-order valence-electron chi connectivity index (χ1n) is 16.3. The zero-order chi connectivity index (χ0) is 32.0. The molecule has 1 aromatic heterocycles. The first kappa shape index (κ1) is 34.1. The van der Waals surface area contributed by atoms with Crippen LogP contribution in [0.25, 0.3) is 22.0 Å². The maximum absolute atomic E-state index is 13.6. The maximum atomic E-state index is 13.6. The number of benzene rings is 3. The van der Waals surface area contributed by atoms with Crippen molar-refractivity contribution in [3.05, 3.63) is 83.6 Å². The van der Waals surface area contributed by atoms with Crippen molar-refractivity contribution in [1.82, 2.24) is 25.7 Å². The molecule has 4 aromatic rings. The van der Waals surface area contributed by atoms with Gasteiger partial charge in [-0.05, 0) is 97.7 Å². The minimum Gasteiger partial charge on any atom is -0.344 e. The molecule has 1 saturated carbocycles. The highest BCUT2D eigenvalue weighted by Crippen LogP contribution is 2.29. The SMILES string of the molecule is Cc1cc(C(=O)N2CCNCC2)ccc1-c1ccc(C[C@H](NC(=O)[C@H]2CC[C@H](CN)CC2)C(=O)Nc2ccc3cn[nH]c3c2)cc1.Cl. The van der Waals surface area contributed by atoms with Gasteiger partial charge < -0.3 is 26.6 Å². The van der Waals surface area contributed by atoms with Crippen LogP contribution in [0.3, 0.4) is 0 Å². The van der Waals surface area contributed by atoms with Crippen LogP contribution in [0, 0.1) is 18.8 Å². The van der Waals surface area contributed by atoms with E-state index in [9.17, 15) is 14.4 Å². The molecule has 11 heteroatoms. The Labute approximate surface area is 281 Å². The van der Waals surface area contributed by atoms with E-state index in [1.807, 2.05) is 72.5 Å². The average Bonchev–Trinajstić information content (AvgIpc) is 3.56. The Morgan fingerprint density at radius 3 is 2.43 bits per heavy atom. The lowest BCUT2D eigenvalue weighted by Gasteiger charge is -2.28. The van der Waals surface area contributed by atoms with E-state index in [0.717, 1.165) is 85.0 Å². The number of piperazine rings is 1. The molecule has 1 aliphatic heterocycles. The second kappa shape index (κ2) is 15.6. The second-order valence-corrected chi connectivity index (χ2v) is 12.6. The molecule has 0 spiro atoms. The lowest BCUT2D eigenvalue weighted by atomic mass is 9.81. The molecule has 2 heterocycles. The van der Waals surface area contributed by atoms with Crippen molar-refractivity contribution in [2.45, 2.75) is 45.1 Å². The monoisotopic (exact) mass is 657 g/mol. The Balaban J connectivity index is 0.00000433. The van der Waals surface area contributed by atoms with Crippen LogP contribution < -0.4 is 21.7 Å². The number of halogens is 1. The van der Waals surface area contributed by atoms with Gasteiger partial charge in [-0.25, -0.2) is 0 Å². The molecular formula is C36H44ClN7O3. The van der Waals surface area contributed by atoms with Crippen LogP contribution in [0.15, 0.2) is 66.9 Å². The molecule has 0 radical (unpaired) electrons. The van der Waals surface area contributed by atoms with E-state index in [4.69, 9.17) is 5.73 Å². The Kier molecular flexibility index (Phi) is 11.3. The minimum atomic E-state index is -0.750. The molecule has 6 rings (SSSR count). The van der Waals surface area contributed by atoms with E-state index in [1.165, 1.54) is 0 Å². The number of hydrogen-bond donors (Lipinski definition) is 5. The molecule has 3 aromatic carbocycles. The van der Waals surface area contributed by atoms with Crippen molar-refractivity contribution in [3.8, 4) is 11.1 Å². The lowest BCUT2D eigenvalue weighted by molar-refractivity contribution is -0.130. The highest BCUT2D eigenvalue weighted by Gasteiger charge is 2.29. The van der Waals surface area contributed by atoms with Gasteiger partial charge in [0.15, 0.2) is 0 Å². The van der Waals surface area contributed by atoms with Gasteiger partial charge in [0.05, 0.1) is 11.7 Å². The number of fused-ring (bicyclic) bond motifs is 1. The summed E-state index contributed by atoms with van der Waals surface area (Å²) in [5, 5.41) is 17.3. The first-order chi connectivity index (χ1) is 22.4. The number of aromatic amines is 1. The summed E-state index contributed by atoms with van der Waals surface area (Å²) in [5.41, 5.74) is 12.0. The molecule has 3 amide bonds. The summed E-state index contributed by atoms with van der Waals surface area (Å²) < 4.78 is 0. The number of amides is 3. The van der Waals surface area contributed by atoms with Gasteiger partial charge in [-0.3, -0.25) is 19.5 Å². The molecule has 1 atom stereocenters. The molecule has 10 nitrogen and oxygen atoms in total. The van der Waals surface area contributed by atoms with Crippen molar-refractivity contribution in [3.63, 3.8) is 0 Å². The highest BCUT2D eigenvalue weighted by molar-refractivity contribution is 5.99. The summed E-state index contributed by atoms with van der Waals surface area (Å²) in [6.07, 6.45) is 5.51. The van der Waals surface area contributed by atoms with Gasteiger partial charge in [0.2, 0.25) is 11.8 Å². The maximum Gasteiger partial charge on any atom is 0.253 e. The van der Waals surface area contributed by atoms with Gasteiger partial charge in [-0.15, -0.1) is 12.4 Å². The molecule has 248 valence electrons. The van der Waals surface area contributed by atoms with E-state index < -0.39 is 6.04 Å². The molecule has 47 heavy (non-hydrogen) atoms. The van der Waals surface area contributed by atoms with Crippen LogP contribution >= 0.6 is 12.4 Å². The second-order valence-electron chi connectivity index (χ2n) is 12.6. The van der Waals surface area contributed by atoms with Crippen LogP contribution in [0.4, 0.5) is 5.69 Å². The summed E-state index contributed by atoms with van der Waals surface area (Å²) in [6, 6.07) is 18.8. The highest BCUT2D eigenvalue weighted by atomic mass is 35.5. The Morgan fingerprint density at radius 2 is 1.72 bits per heavy atom. The lowest BCUT2D eigenvalue weighted by Crippen LogP contribution is -2.48. The summed E-state index contributed by atoms with van der Waals surface area (Å²) in [6.45, 7) is 5.74. The topological polar surface area (TPSA) is 145 Å². The third-order valence-electron chi connectivity index (χ3n) is 9.48. The molecule has 2 aliphatic rings. The van der Waals surface area contributed by atoms with Crippen LogP contribution in [0.2, 0.25) is 0 Å².